The molecule has 1 aromatic carbocycles. The van der Waals surface area contributed by atoms with Gasteiger partial charge in [-0.3, -0.25) is 0 Å². The van der Waals surface area contributed by atoms with E-state index in [1.807, 2.05) is 12.1 Å². The van der Waals surface area contributed by atoms with Crippen molar-refractivity contribution in [3.8, 4) is 11.6 Å². The fraction of sp³-hybridized carbons (Fsp3) is 0.250. The van der Waals surface area contributed by atoms with E-state index in [-0.39, 0.29) is 11.4 Å². The lowest BCUT2D eigenvalue weighted by atomic mass is 10.1. The average Bonchev–Trinajstić information content (AvgIpc) is 2.46. The number of carbonyl (C=O) groups is 1. The molecule has 0 atom stereocenters. The van der Waals surface area contributed by atoms with Gasteiger partial charge in [0.1, 0.15) is 11.3 Å². The summed E-state index contributed by atoms with van der Waals surface area (Å²) in [5.41, 5.74) is 1.87. The van der Waals surface area contributed by atoms with E-state index < -0.39 is 5.97 Å². The van der Waals surface area contributed by atoms with Crippen molar-refractivity contribution in [1.82, 2.24) is 4.98 Å². The summed E-state index contributed by atoms with van der Waals surface area (Å²) in [7, 11) is 1.66. The molecule has 1 aromatic heterocycles. The Hall–Kier alpha value is -2.40. The molecule has 1 N–H and O–H groups in total. The van der Waals surface area contributed by atoms with Crippen molar-refractivity contribution in [2.45, 2.75) is 13.3 Å². The van der Waals surface area contributed by atoms with Gasteiger partial charge in [-0.2, -0.15) is 0 Å². The Morgan fingerprint density at radius 1 is 1.19 bits per heavy atom. The van der Waals surface area contributed by atoms with E-state index in [0.29, 0.717) is 18.1 Å². The van der Waals surface area contributed by atoms with E-state index >= 15 is 0 Å². The van der Waals surface area contributed by atoms with Gasteiger partial charge in [0.15, 0.2) is 0 Å². The summed E-state index contributed by atoms with van der Waals surface area (Å²) < 4.78 is 10.6. The van der Waals surface area contributed by atoms with Crippen LogP contribution in [0.3, 0.4) is 0 Å². The Bertz CT molecular complexity index is 623. The highest BCUT2D eigenvalue weighted by Gasteiger charge is 2.13. The van der Waals surface area contributed by atoms with Gasteiger partial charge in [0.2, 0.25) is 5.88 Å². The molecule has 0 saturated heterocycles. The van der Waals surface area contributed by atoms with Gasteiger partial charge in [0, 0.05) is 12.8 Å². The Morgan fingerprint density at radius 2 is 1.90 bits per heavy atom. The Morgan fingerprint density at radius 3 is 2.52 bits per heavy atom. The molecule has 0 fully saturated rings. The third-order valence-corrected chi connectivity index (χ3v) is 2.96. The molecule has 0 bridgehead atoms. The number of hydrogen-bond donors (Lipinski definition) is 1. The van der Waals surface area contributed by atoms with Crippen molar-refractivity contribution < 1.29 is 19.4 Å². The maximum absolute atomic E-state index is 11.2. The van der Waals surface area contributed by atoms with Crippen LogP contribution in [-0.2, 0) is 11.2 Å². The first kappa shape index (κ1) is 15.0. The molecule has 0 aliphatic heterocycles. The fourth-order valence-electron chi connectivity index (χ4n) is 1.83. The molecule has 5 nitrogen and oxygen atoms in total. The minimum atomic E-state index is -1.06. The van der Waals surface area contributed by atoms with Crippen LogP contribution in [-0.4, -0.2) is 29.8 Å². The van der Waals surface area contributed by atoms with E-state index in [0.717, 1.165) is 12.0 Å². The number of hydrogen-bond acceptors (Lipinski definition) is 4. The summed E-state index contributed by atoms with van der Waals surface area (Å²) >= 11 is 0. The Balaban J connectivity index is 2.18. The van der Waals surface area contributed by atoms with Crippen LogP contribution in [0.4, 0.5) is 0 Å². The molecule has 2 aromatic rings. The third-order valence-electron chi connectivity index (χ3n) is 2.96. The summed E-state index contributed by atoms with van der Waals surface area (Å²) in [6, 6.07) is 10.6. The fourth-order valence-corrected chi connectivity index (χ4v) is 1.83. The molecule has 0 amide bonds. The highest BCUT2D eigenvalue weighted by molar-refractivity contribution is 5.90. The van der Waals surface area contributed by atoms with Crippen LogP contribution in [0.2, 0.25) is 0 Å². The molecular formula is C16H17NO4. The normalized spacial score (nSPS) is 10.4. The van der Waals surface area contributed by atoms with Crippen molar-refractivity contribution in [3.63, 3.8) is 0 Å². The van der Waals surface area contributed by atoms with Crippen LogP contribution >= 0.6 is 0 Å². The van der Waals surface area contributed by atoms with Crippen molar-refractivity contribution in [2.24, 2.45) is 0 Å². The van der Waals surface area contributed by atoms with Gasteiger partial charge < -0.3 is 14.6 Å². The Kier molecular flexibility index (Phi) is 4.90. The van der Waals surface area contributed by atoms with Gasteiger partial charge in [-0.15, -0.1) is 0 Å². The predicted molar refractivity (Wildman–Crippen MR) is 78.0 cm³/mol. The number of carboxylic acids is 1. The molecule has 0 saturated carbocycles. The minimum Gasteiger partial charge on any atom is -0.477 e. The molecular weight excluding hydrogens is 270 g/mol. The van der Waals surface area contributed by atoms with Crippen LogP contribution in [0.25, 0.3) is 0 Å². The first-order valence-corrected chi connectivity index (χ1v) is 6.57. The zero-order valence-corrected chi connectivity index (χ0v) is 12.0. The summed E-state index contributed by atoms with van der Waals surface area (Å²) in [4.78, 5) is 15.3. The maximum atomic E-state index is 11.2. The molecule has 5 heteroatoms. The van der Waals surface area contributed by atoms with E-state index in [2.05, 4.69) is 4.98 Å². The van der Waals surface area contributed by atoms with Crippen molar-refractivity contribution in [2.75, 3.05) is 13.7 Å². The molecule has 2 rings (SSSR count). The van der Waals surface area contributed by atoms with Crippen molar-refractivity contribution in [1.29, 1.82) is 0 Å². The lowest BCUT2D eigenvalue weighted by molar-refractivity contribution is 0.0693. The zero-order chi connectivity index (χ0) is 15.2. The number of benzene rings is 1. The highest BCUT2D eigenvalue weighted by atomic mass is 16.5. The second kappa shape index (κ2) is 6.85. The lowest BCUT2D eigenvalue weighted by Crippen LogP contribution is -2.03. The van der Waals surface area contributed by atoms with Gasteiger partial charge >= 0.3 is 5.97 Å². The average molecular weight is 287 g/mol. The summed E-state index contributed by atoms with van der Waals surface area (Å²) in [5, 5.41) is 9.14. The number of nitrogens with zero attached hydrogens (tertiary/aromatic N) is 1. The second-order valence-electron chi connectivity index (χ2n) is 4.60. The summed E-state index contributed by atoms with van der Waals surface area (Å²) in [6.07, 6.45) is 0.819. The summed E-state index contributed by atoms with van der Waals surface area (Å²) in [6.45, 7) is 2.44. The molecule has 1 heterocycles. The first-order chi connectivity index (χ1) is 10.1. The number of aromatic carboxylic acids is 1. The minimum absolute atomic E-state index is 0.0454. The molecule has 110 valence electrons. The van der Waals surface area contributed by atoms with Crippen LogP contribution in [0.5, 0.6) is 11.6 Å². The van der Waals surface area contributed by atoms with Crippen LogP contribution in [0, 0.1) is 6.92 Å². The predicted octanol–water partition coefficient (Wildman–Crippen LogP) is 3.07. The molecule has 0 spiro atoms. The quantitative estimate of drug-likeness (QED) is 0.884. The number of aromatic nitrogens is 1. The first-order valence-electron chi connectivity index (χ1n) is 6.57. The molecule has 0 aliphatic carbocycles. The molecule has 0 radical (unpaired) electrons. The molecule has 0 aliphatic rings. The SMILES string of the molecule is COCCc1ccc(Oc2nc(C)ccc2C(=O)O)cc1. The Labute approximate surface area is 123 Å². The number of methoxy groups -OCH3 is 1. The van der Waals surface area contributed by atoms with Crippen molar-refractivity contribution in [3.05, 3.63) is 53.2 Å². The zero-order valence-electron chi connectivity index (χ0n) is 12.0. The van der Waals surface area contributed by atoms with Gasteiger partial charge in [-0.25, -0.2) is 9.78 Å². The number of pyridine rings is 1. The van der Waals surface area contributed by atoms with Crippen LogP contribution in [0.1, 0.15) is 21.6 Å². The van der Waals surface area contributed by atoms with Gasteiger partial charge in [0.05, 0.1) is 6.61 Å². The number of aryl methyl sites for hydroxylation is 1. The van der Waals surface area contributed by atoms with Crippen molar-refractivity contribution >= 4 is 5.97 Å². The largest absolute Gasteiger partial charge is 0.477 e. The molecule has 0 unspecified atom stereocenters. The number of carboxylic acid groups (broad SMARTS) is 1. The lowest BCUT2D eigenvalue weighted by Gasteiger charge is -2.09. The number of ether oxygens (including phenoxy) is 2. The third kappa shape index (κ3) is 4.03. The van der Waals surface area contributed by atoms with Crippen LogP contribution in [0.15, 0.2) is 36.4 Å². The van der Waals surface area contributed by atoms with E-state index in [1.54, 1.807) is 32.2 Å². The number of rotatable bonds is 6. The topological polar surface area (TPSA) is 68.7 Å². The van der Waals surface area contributed by atoms with E-state index in [1.165, 1.54) is 6.07 Å². The smallest absolute Gasteiger partial charge is 0.341 e. The second-order valence-corrected chi connectivity index (χ2v) is 4.60. The monoisotopic (exact) mass is 287 g/mol. The van der Waals surface area contributed by atoms with E-state index in [4.69, 9.17) is 14.6 Å². The van der Waals surface area contributed by atoms with Crippen LogP contribution < -0.4 is 4.74 Å². The molecule has 21 heavy (non-hydrogen) atoms. The van der Waals surface area contributed by atoms with Gasteiger partial charge in [0.25, 0.3) is 0 Å². The standard InChI is InChI=1S/C16H17NO4/c1-11-3-8-14(16(18)19)15(17-11)21-13-6-4-12(5-7-13)9-10-20-2/h3-8H,9-10H2,1-2H3,(H,18,19). The maximum Gasteiger partial charge on any atom is 0.341 e. The van der Waals surface area contributed by atoms with Gasteiger partial charge in [-0.05, 0) is 43.2 Å². The summed E-state index contributed by atoms with van der Waals surface area (Å²) in [5.74, 6) is -0.405. The van der Waals surface area contributed by atoms with Gasteiger partial charge in [-0.1, -0.05) is 12.1 Å². The highest BCUT2D eigenvalue weighted by Crippen LogP contribution is 2.24. The van der Waals surface area contributed by atoms with E-state index in [9.17, 15) is 4.79 Å².